The van der Waals surface area contributed by atoms with E-state index in [1.807, 2.05) is 60.8 Å². The fraction of sp³-hybridized carbons (Fsp3) is 0.297. The number of urea groups is 1. The number of aromatic nitrogens is 3. The minimum Gasteiger partial charge on any atom is -0.497 e. The van der Waals surface area contributed by atoms with E-state index in [1.54, 1.807) is 24.1 Å². The van der Waals surface area contributed by atoms with Gasteiger partial charge in [0, 0.05) is 54.9 Å². The third-order valence-corrected chi connectivity index (χ3v) is 7.87. The van der Waals surface area contributed by atoms with Crippen molar-refractivity contribution in [1.29, 1.82) is 0 Å². The number of amides is 2. The van der Waals surface area contributed by atoms with Crippen LogP contribution in [0.3, 0.4) is 0 Å². The normalized spacial score (nSPS) is 11.4. The molecule has 2 amide bonds. The molecule has 3 aromatic heterocycles. The summed E-state index contributed by atoms with van der Waals surface area (Å²) in [6.07, 6.45) is 6.99. The average molecular weight is 619 g/mol. The number of rotatable bonds is 11. The van der Waals surface area contributed by atoms with Gasteiger partial charge in [0.1, 0.15) is 17.1 Å². The van der Waals surface area contributed by atoms with Crippen LogP contribution in [0.5, 0.6) is 5.75 Å². The molecular formula is C37H42N6O3. The molecule has 0 bridgehead atoms. The second kappa shape index (κ2) is 14.4. The van der Waals surface area contributed by atoms with Gasteiger partial charge in [-0.25, -0.2) is 9.78 Å². The van der Waals surface area contributed by atoms with Crippen LogP contribution in [0.1, 0.15) is 57.2 Å². The quantitative estimate of drug-likeness (QED) is 0.141. The Morgan fingerprint density at radius 3 is 2.48 bits per heavy atom. The Kier molecular flexibility index (Phi) is 10.1. The zero-order valence-corrected chi connectivity index (χ0v) is 27.2. The van der Waals surface area contributed by atoms with E-state index in [4.69, 9.17) is 4.74 Å². The molecule has 2 aromatic carbocycles. The summed E-state index contributed by atoms with van der Waals surface area (Å²) in [7, 11) is 1.60. The van der Waals surface area contributed by atoms with Crippen LogP contribution >= 0.6 is 0 Å². The van der Waals surface area contributed by atoms with Gasteiger partial charge in [-0.3, -0.25) is 14.3 Å². The number of hydrogen-bond acceptors (Lipinski definition) is 6. The number of unbranched alkanes of at least 4 members (excludes halogenated alkanes) is 1. The Hall–Kier alpha value is -5.02. The number of aryl methyl sites for hydroxylation is 1. The smallest absolute Gasteiger partial charge is 0.323 e. The van der Waals surface area contributed by atoms with Gasteiger partial charge in [0.05, 0.1) is 7.11 Å². The first-order chi connectivity index (χ1) is 22.2. The van der Waals surface area contributed by atoms with Crippen molar-refractivity contribution in [2.45, 2.75) is 65.6 Å². The first-order valence-corrected chi connectivity index (χ1v) is 15.7. The second-order valence-electron chi connectivity index (χ2n) is 12.3. The number of anilines is 2. The van der Waals surface area contributed by atoms with Gasteiger partial charge in [0.2, 0.25) is 0 Å². The summed E-state index contributed by atoms with van der Waals surface area (Å²) in [5.74, 6) is 0.642. The molecule has 0 radical (unpaired) electrons. The summed E-state index contributed by atoms with van der Waals surface area (Å²) < 4.78 is 7.16. The van der Waals surface area contributed by atoms with Crippen molar-refractivity contribution in [1.82, 2.24) is 19.9 Å². The third kappa shape index (κ3) is 7.43. The second-order valence-corrected chi connectivity index (χ2v) is 12.3. The SMILES string of the molecule is CCCCn1c(=O)c(NC(=O)Nc2cc(CNCc3cccnc3)ccc2C(C)(C)C)c(-c2cccc(OC)c2)c2cccnc21. The van der Waals surface area contributed by atoms with E-state index in [-0.39, 0.29) is 16.7 Å². The van der Waals surface area contributed by atoms with Gasteiger partial charge in [-0.2, -0.15) is 0 Å². The number of carbonyl (C=O) groups is 1. The van der Waals surface area contributed by atoms with Crippen molar-refractivity contribution < 1.29 is 9.53 Å². The number of pyridine rings is 3. The molecule has 0 atom stereocenters. The fourth-order valence-corrected chi connectivity index (χ4v) is 5.58. The predicted octanol–water partition coefficient (Wildman–Crippen LogP) is 7.50. The van der Waals surface area contributed by atoms with E-state index < -0.39 is 6.03 Å². The minimum atomic E-state index is -0.502. The van der Waals surface area contributed by atoms with Crippen molar-refractivity contribution in [3.8, 4) is 16.9 Å². The molecule has 0 fully saturated rings. The monoisotopic (exact) mass is 618 g/mol. The third-order valence-electron chi connectivity index (χ3n) is 7.87. The van der Waals surface area contributed by atoms with Crippen LogP contribution in [-0.2, 0) is 25.0 Å². The van der Waals surface area contributed by atoms with Crippen LogP contribution in [-0.4, -0.2) is 27.7 Å². The summed E-state index contributed by atoms with van der Waals surface area (Å²) >= 11 is 0. The molecule has 0 saturated heterocycles. The molecule has 0 aliphatic carbocycles. The lowest BCUT2D eigenvalue weighted by molar-refractivity contribution is 0.262. The Morgan fingerprint density at radius 1 is 0.935 bits per heavy atom. The Balaban J connectivity index is 1.52. The molecule has 5 rings (SSSR count). The van der Waals surface area contributed by atoms with E-state index in [2.05, 4.69) is 65.7 Å². The summed E-state index contributed by atoms with van der Waals surface area (Å²) in [5, 5.41) is 10.3. The molecule has 0 spiro atoms. The topological polar surface area (TPSA) is 110 Å². The van der Waals surface area contributed by atoms with E-state index >= 15 is 0 Å². The molecule has 46 heavy (non-hydrogen) atoms. The average Bonchev–Trinajstić information content (AvgIpc) is 3.05. The number of methoxy groups -OCH3 is 1. The number of ether oxygens (including phenoxy) is 1. The first-order valence-electron chi connectivity index (χ1n) is 15.7. The molecule has 0 unspecified atom stereocenters. The molecule has 0 saturated carbocycles. The van der Waals surface area contributed by atoms with Crippen LogP contribution in [0.25, 0.3) is 22.2 Å². The number of benzene rings is 2. The van der Waals surface area contributed by atoms with Crippen LogP contribution in [0, 0.1) is 0 Å². The summed E-state index contributed by atoms with van der Waals surface area (Å²) in [6, 6.07) is 20.8. The maximum absolute atomic E-state index is 14.2. The molecular weight excluding hydrogens is 576 g/mol. The van der Waals surface area contributed by atoms with Gasteiger partial charge in [0.25, 0.3) is 5.56 Å². The van der Waals surface area contributed by atoms with Gasteiger partial charge in [-0.15, -0.1) is 0 Å². The molecule has 3 heterocycles. The van der Waals surface area contributed by atoms with Crippen molar-refractivity contribution >= 4 is 28.4 Å². The molecule has 9 heteroatoms. The maximum Gasteiger partial charge on any atom is 0.323 e. The van der Waals surface area contributed by atoms with E-state index in [0.29, 0.717) is 42.3 Å². The highest BCUT2D eigenvalue weighted by molar-refractivity contribution is 6.07. The van der Waals surface area contributed by atoms with Crippen LogP contribution in [0.15, 0.2) is 90.1 Å². The van der Waals surface area contributed by atoms with E-state index in [9.17, 15) is 9.59 Å². The van der Waals surface area contributed by atoms with Gasteiger partial charge in [-0.1, -0.05) is 64.4 Å². The molecule has 238 valence electrons. The zero-order chi connectivity index (χ0) is 32.7. The lowest BCUT2D eigenvalue weighted by Crippen LogP contribution is -2.30. The number of hydrogen-bond donors (Lipinski definition) is 3. The number of carbonyl (C=O) groups excluding carboxylic acids is 1. The van der Waals surface area contributed by atoms with Gasteiger partial charge in [-0.05, 0) is 70.5 Å². The van der Waals surface area contributed by atoms with Crippen LogP contribution in [0.4, 0.5) is 16.2 Å². The number of nitrogens with zero attached hydrogens (tertiary/aromatic N) is 3. The Bertz CT molecular complexity index is 1880. The first kappa shape index (κ1) is 32.4. The Labute approximate surface area is 270 Å². The minimum absolute atomic E-state index is 0.189. The predicted molar refractivity (Wildman–Crippen MR) is 185 cm³/mol. The largest absolute Gasteiger partial charge is 0.497 e. The summed E-state index contributed by atoms with van der Waals surface area (Å²) in [5.41, 5.74) is 5.33. The van der Waals surface area contributed by atoms with Crippen molar-refractivity contribution in [2.75, 3.05) is 17.7 Å². The highest BCUT2D eigenvalue weighted by atomic mass is 16.5. The highest BCUT2D eigenvalue weighted by Crippen LogP contribution is 2.35. The number of fused-ring (bicyclic) bond motifs is 1. The summed E-state index contributed by atoms with van der Waals surface area (Å²) in [4.78, 5) is 36.8. The lowest BCUT2D eigenvalue weighted by Gasteiger charge is -2.24. The van der Waals surface area contributed by atoms with Gasteiger partial charge >= 0.3 is 6.03 Å². The van der Waals surface area contributed by atoms with Crippen LogP contribution in [0.2, 0.25) is 0 Å². The van der Waals surface area contributed by atoms with Crippen molar-refractivity contribution in [2.24, 2.45) is 0 Å². The summed E-state index contributed by atoms with van der Waals surface area (Å²) in [6.45, 7) is 10.2. The van der Waals surface area contributed by atoms with Gasteiger partial charge in [0.15, 0.2) is 0 Å². The van der Waals surface area contributed by atoms with Gasteiger partial charge < -0.3 is 20.7 Å². The molecule has 3 N–H and O–H groups in total. The molecule has 5 aromatic rings. The zero-order valence-electron chi connectivity index (χ0n) is 27.2. The van der Waals surface area contributed by atoms with E-state index in [0.717, 1.165) is 40.5 Å². The molecule has 0 aliphatic heterocycles. The standard InChI is InChI=1S/C37H42N6O3/c1-6-7-19-43-34-29(14-10-18-40-34)32(27-12-8-13-28(21-27)46-5)33(35(43)44)42-36(45)41-31-20-25(15-16-30(31)37(2,3)4)22-39-24-26-11-9-17-38-23-26/h8-18,20-21,23,39H,6-7,19,22,24H2,1-5H3,(H2,41,42,45). The fourth-order valence-electron chi connectivity index (χ4n) is 5.58. The molecule has 9 nitrogen and oxygen atoms in total. The lowest BCUT2D eigenvalue weighted by atomic mass is 9.85. The highest BCUT2D eigenvalue weighted by Gasteiger charge is 2.23. The molecule has 0 aliphatic rings. The van der Waals surface area contributed by atoms with Crippen LogP contribution < -0.4 is 26.2 Å². The maximum atomic E-state index is 14.2. The van der Waals surface area contributed by atoms with E-state index in [1.165, 1.54) is 0 Å². The van der Waals surface area contributed by atoms with Crippen molar-refractivity contribution in [3.05, 3.63) is 112 Å². The van der Waals surface area contributed by atoms with Crippen molar-refractivity contribution in [3.63, 3.8) is 0 Å². The Morgan fingerprint density at radius 2 is 1.74 bits per heavy atom. The number of nitrogens with one attached hydrogen (secondary N) is 3.